The van der Waals surface area contributed by atoms with Crippen molar-refractivity contribution in [2.24, 2.45) is 0 Å². The summed E-state index contributed by atoms with van der Waals surface area (Å²) in [6.07, 6.45) is 0.974. The van der Waals surface area contributed by atoms with Crippen molar-refractivity contribution in [3.05, 3.63) is 35.4 Å². The topological polar surface area (TPSA) is 20.3 Å². The number of benzene rings is 1. The molecule has 1 rings (SSSR count). The van der Waals surface area contributed by atoms with E-state index in [1.165, 1.54) is 0 Å². The highest BCUT2D eigenvalue weighted by Gasteiger charge is 2.09. The molecule has 82 valence electrons. The molecule has 0 aliphatic carbocycles. The summed E-state index contributed by atoms with van der Waals surface area (Å²) in [5, 5.41) is 0. The van der Waals surface area contributed by atoms with Gasteiger partial charge in [0.2, 0.25) is 0 Å². The van der Waals surface area contributed by atoms with E-state index < -0.39 is 0 Å². The van der Waals surface area contributed by atoms with Crippen LogP contribution in [0.4, 0.5) is 0 Å². The Kier molecular flexibility index (Phi) is 4.63. The predicted molar refractivity (Wildman–Crippen MR) is 63.3 cm³/mol. The van der Waals surface area contributed by atoms with E-state index in [4.69, 9.17) is 11.6 Å². The van der Waals surface area contributed by atoms with Crippen molar-refractivity contribution in [1.82, 2.24) is 4.90 Å². The van der Waals surface area contributed by atoms with E-state index in [-0.39, 0.29) is 5.91 Å². The smallest absolute Gasteiger partial charge is 0.253 e. The first-order valence-electron chi connectivity index (χ1n) is 5.09. The van der Waals surface area contributed by atoms with Crippen LogP contribution in [0.2, 0.25) is 0 Å². The number of nitrogens with zero attached hydrogens (tertiary/aromatic N) is 1. The first-order valence-corrected chi connectivity index (χ1v) is 5.62. The zero-order valence-electron chi connectivity index (χ0n) is 9.16. The van der Waals surface area contributed by atoms with Crippen molar-refractivity contribution >= 4 is 17.5 Å². The second-order valence-corrected chi connectivity index (χ2v) is 3.82. The maximum atomic E-state index is 11.8. The Hall–Kier alpha value is -1.02. The first kappa shape index (κ1) is 12.1. The molecule has 3 heteroatoms. The van der Waals surface area contributed by atoms with Gasteiger partial charge < -0.3 is 4.90 Å². The summed E-state index contributed by atoms with van der Waals surface area (Å²) in [6, 6.07) is 7.43. The van der Waals surface area contributed by atoms with E-state index in [9.17, 15) is 4.79 Å². The van der Waals surface area contributed by atoms with E-state index in [1.54, 1.807) is 4.90 Å². The Bertz CT molecular complexity index is 321. The molecule has 0 saturated heterocycles. The summed E-state index contributed by atoms with van der Waals surface area (Å²) in [4.78, 5) is 13.6. The Balaban J connectivity index is 2.73. The molecule has 2 nitrogen and oxygen atoms in total. The van der Waals surface area contributed by atoms with Crippen LogP contribution in [0.1, 0.15) is 29.3 Å². The summed E-state index contributed by atoms with van der Waals surface area (Å²) >= 11 is 5.68. The fourth-order valence-electron chi connectivity index (χ4n) is 1.39. The predicted octanol–water partition coefficient (Wildman–Crippen LogP) is 2.91. The minimum Gasteiger partial charge on any atom is -0.342 e. The van der Waals surface area contributed by atoms with Crippen molar-refractivity contribution in [2.75, 3.05) is 13.6 Å². The number of carbonyl (C=O) groups is 1. The molecule has 0 saturated carbocycles. The Morgan fingerprint density at radius 2 is 1.93 bits per heavy atom. The molecule has 0 spiro atoms. The maximum absolute atomic E-state index is 11.8. The fourth-order valence-corrected chi connectivity index (χ4v) is 1.57. The lowest BCUT2D eigenvalue weighted by Gasteiger charge is -2.15. The molecule has 0 N–H and O–H groups in total. The molecule has 0 aromatic heterocycles. The first-order chi connectivity index (χ1) is 7.19. The van der Waals surface area contributed by atoms with Gasteiger partial charge in [-0.2, -0.15) is 0 Å². The standard InChI is InChI=1S/C12H16ClNO/c1-3-8-14(2)12(15)11-6-4-10(9-13)5-7-11/h4-7H,3,8-9H2,1-2H3. The van der Waals surface area contributed by atoms with Gasteiger partial charge >= 0.3 is 0 Å². The number of hydrogen-bond donors (Lipinski definition) is 0. The highest BCUT2D eigenvalue weighted by atomic mass is 35.5. The van der Waals surface area contributed by atoms with Crippen LogP contribution in [0.3, 0.4) is 0 Å². The third kappa shape index (κ3) is 3.24. The van der Waals surface area contributed by atoms with Crippen molar-refractivity contribution in [3.8, 4) is 0 Å². The van der Waals surface area contributed by atoms with Crippen LogP contribution in [0.5, 0.6) is 0 Å². The third-order valence-corrected chi connectivity index (χ3v) is 2.57. The molecule has 0 unspecified atom stereocenters. The summed E-state index contributed by atoms with van der Waals surface area (Å²) < 4.78 is 0. The number of halogens is 1. The third-order valence-electron chi connectivity index (χ3n) is 2.26. The lowest BCUT2D eigenvalue weighted by Crippen LogP contribution is -2.27. The zero-order valence-corrected chi connectivity index (χ0v) is 9.92. The van der Waals surface area contributed by atoms with Gasteiger partial charge in [-0.1, -0.05) is 19.1 Å². The van der Waals surface area contributed by atoms with Crippen LogP contribution in [-0.2, 0) is 5.88 Å². The van der Waals surface area contributed by atoms with Crippen LogP contribution in [0.15, 0.2) is 24.3 Å². The molecule has 0 atom stereocenters. The average Bonchev–Trinajstić information content (AvgIpc) is 2.28. The average molecular weight is 226 g/mol. The molecule has 1 aromatic carbocycles. The van der Waals surface area contributed by atoms with Crippen LogP contribution in [0, 0.1) is 0 Å². The Labute approximate surface area is 95.8 Å². The maximum Gasteiger partial charge on any atom is 0.253 e. The normalized spacial score (nSPS) is 10.1. The minimum absolute atomic E-state index is 0.0676. The quantitative estimate of drug-likeness (QED) is 0.722. The van der Waals surface area contributed by atoms with Crippen LogP contribution < -0.4 is 0 Å². The van der Waals surface area contributed by atoms with Crippen LogP contribution in [-0.4, -0.2) is 24.4 Å². The van der Waals surface area contributed by atoms with Crippen molar-refractivity contribution in [3.63, 3.8) is 0 Å². The molecule has 0 radical (unpaired) electrons. The number of carbonyl (C=O) groups excluding carboxylic acids is 1. The number of hydrogen-bond acceptors (Lipinski definition) is 1. The minimum atomic E-state index is 0.0676. The molecular weight excluding hydrogens is 210 g/mol. The lowest BCUT2D eigenvalue weighted by atomic mass is 10.1. The van der Waals surface area contributed by atoms with Gasteiger partial charge in [0.15, 0.2) is 0 Å². The molecule has 0 aliphatic heterocycles. The largest absolute Gasteiger partial charge is 0.342 e. The van der Waals surface area contributed by atoms with Gasteiger partial charge in [-0.25, -0.2) is 0 Å². The molecular formula is C12H16ClNO. The van der Waals surface area contributed by atoms with Gasteiger partial charge in [-0.05, 0) is 24.1 Å². The Morgan fingerprint density at radius 3 is 2.40 bits per heavy atom. The second-order valence-electron chi connectivity index (χ2n) is 3.56. The van der Waals surface area contributed by atoms with Gasteiger partial charge in [-0.3, -0.25) is 4.79 Å². The SMILES string of the molecule is CCCN(C)C(=O)c1ccc(CCl)cc1. The molecule has 1 amide bonds. The molecule has 0 fully saturated rings. The number of amides is 1. The van der Waals surface area contributed by atoms with Crippen molar-refractivity contribution < 1.29 is 4.79 Å². The van der Waals surface area contributed by atoms with E-state index in [0.29, 0.717) is 5.88 Å². The van der Waals surface area contributed by atoms with Gasteiger partial charge in [0.25, 0.3) is 5.91 Å². The Morgan fingerprint density at radius 1 is 1.33 bits per heavy atom. The number of rotatable bonds is 4. The van der Waals surface area contributed by atoms with E-state index in [0.717, 1.165) is 24.1 Å². The van der Waals surface area contributed by atoms with E-state index >= 15 is 0 Å². The van der Waals surface area contributed by atoms with E-state index in [2.05, 4.69) is 6.92 Å². The number of alkyl halides is 1. The monoisotopic (exact) mass is 225 g/mol. The van der Waals surface area contributed by atoms with Crippen LogP contribution in [0.25, 0.3) is 0 Å². The van der Waals surface area contributed by atoms with Gasteiger partial charge in [0, 0.05) is 25.0 Å². The van der Waals surface area contributed by atoms with Gasteiger partial charge in [-0.15, -0.1) is 11.6 Å². The summed E-state index contributed by atoms with van der Waals surface area (Å²) in [5.74, 6) is 0.553. The zero-order chi connectivity index (χ0) is 11.3. The molecule has 0 heterocycles. The highest BCUT2D eigenvalue weighted by molar-refractivity contribution is 6.17. The summed E-state index contributed by atoms with van der Waals surface area (Å²) in [5.41, 5.74) is 1.76. The van der Waals surface area contributed by atoms with Crippen LogP contribution >= 0.6 is 11.6 Å². The molecule has 15 heavy (non-hydrogen) atoms. The fraction of sp³-hybridized carbons (Fsp3) is 0.417. The lowest BCUT2D eigenvalue weighted by molar-refractivity contribution is 0.0795. The van der Waals surface area contributed by atoms with Crippen molar-refractivity contribution in [1.29, 1.82) is 0 Å². The van der Waals surface area contributed by atoms with Gasteiger partial charge in [0.05, 0.1) is 0 Å². The molecule has 0 bridgehead atoms. The summed E-state index contributed by atoms with van der Waals surface area (Å²) in [6.45, 7) is 2.84. The van der Waals surface area contributed by atoms with Crippen molar-refractivity contribution in [2.45, 2.75) is 19.2 Å². The highest BCUT2D eigenvalue weighted by Crippen LogP contribution is 2.08. The van der Waals surface area contributed by atoms with E-state index in [1.807, 2.05) is 31.3 Å². The molecule has 1 aromatic rings. The second kappa shape index (κ2) is 5.76. The van der Waals surface area contributed by atoms with Gasteiger partial charge in [0.1, 0.15) is 0 Å². The molecule has 0 aliphatic rings. The summed E-state index contributed by atoms with van der Waals surface area (Å²) in [7, 11) is 1.82.